The van der Waals surface area contributed by atoms with Crippen molar-refractivity contribution in [2.45, 2.75) is 45.6 Å². The summed E-state index contributed by atoms with van der Waals surface area (Å²) in [5.74, 6) is 0.960. The van der Waals surface area contributed by atoms with Gasteiger partial charge in [-0.3, -0.25) is 0 Å². The van der Waals surface area contributed by atoms with Gasteiger partial charge >= 0.3 is 0 Å². The fourth-order valence-electron chi connectivity index (χ4n) is 3.95. The molecule has 0 aliphatic heterocycles. The molecule has 0 fully saturated rings. The van der Waals surface area contributed by atoms with Crippen LogP contribution in [0.25, 0.3) is 10.9 Å². The summed E-state index contributed by atoms with van der Waals surface area (Å²) in [5, 5.41) is 5.15. The molecule has 1 heterocycles. The van der Waals surface area contributed by atoms with E-state index >= 15 is 0 Å². The summed E-state index contributed by atoms with van der Waals surface area (Å²) < 4.78 is 5.83. The zero-order chi connectivity index (χ0) is 17.9. The molecule has 0 bridgehead atoms. The first-order chi connectivity index (χ1) is 12.7. The molecule has 0 radical (unpaired) electrons. The highest BCUT2D eigenvalue weighted by molar-refractivity contribution is 5.85. The predicted molar refractivity (Wildman–Crippen MR) is 108 cm³/mol. The molecule has 2 aromatic carbocycles. The molecule has 0 spiro atoms. The first-order valence-corrected chi connectivity index (χ1v) is 9.74. The second kappa shape index (κ2) is 7.55. The number of rotatable bonds is 6. The van der Waals surface area contributed by atoms with Crippen molar-refractivity contribution in [3.05, 3.63) is 64.8 Å². The van der Waals surface area contributed by atoms with Crippen LogP contribution >= 0.6 is 0 Å². The van der Waals surface area contributed by atoms with Crippen molar-refractivity contribution in [3.8, 4) is 5.75 Å². The predicted octanol–water partition coefficient (Wildman–Crippen LogP) is 5.22. The Kier molecular flexibility index (Phi) is 4.98. The van der Waals surface area contributed by atoms with Crippen LogP contribution in [0.15, 0.2) is 42.5 Å². The second-order valence-corrected chi connectivity index (χ2v) is 7.48. The third-order valence-corrected chi connectivity index (χ3v) is 5.36. The normalized spacial score (nSPS) is 16.6. The lowest BCUT2D eigenvalue weighted by atomic mass is 9.91. The van der Waals surface area contributed by atoms with Gasteiger partial charge in [0.05, 0.1) is 6.61 Å². The number of H-pyrrole nitrogens is 1. The van der Waals surface area contributed by atoms with Crippen LogP contribution < -0.4 is 10.1 Å². The monoisotopic (exact) mass is 348 g/mol. The van der Waals surface area contributed by atoms with E-state index < -0.39 is 0 Å². The van der Waals surface area contributed by atoms with E-state index in [1.807, 2.05) is 12.1 Å². The molecule has 3 nitrogen and oxygen atoms in total. The van der Waals surface area contributed by atoms with Gasteiger partial charge in [-0.05, 0) is 75.9 Å². The van der Waals surface area contributed by atoms with Crippen LogP contribution in [0.3, 0.4) is 0 Å². The van der Waals surface area contributed by atoms with Gasteiger partial charge in [-0.2, -0.15) is 0 Å². The SMILES string of the molecule is Cc1ccc(OCCCNC2CCCc3c2[nH]c2ccc(C)cc32)cc1. The van der Waals surface area contributed by atoms with E-state index in [0.29, 0.717) is 6.04 Å². The quantitative estimate of drug-likeness (QED) is 0.599. The molecular formula is C23H28N2O. The van der Waals surface area contributed by atoms with E-state index in [9.17, 15) is 0 Å². The number of aromatic amines is 1. The molecule has 2 N–H and O–H groups in total. The van der Waals surface area contributed by atoms with E-state index in [1.165, 1.54) is 52.5 Å². The lowest BCUT2D eigenvalue weighted by Gasteiger charge is -2.24. The molecule has 4 rings (SSSR count). The first kappa shape index (κ1) is 17.2. The molecule has 3 aromatic rings. The maximum Gasteiger partial charge on any atom is 0.119 e. The van der Waals surface area contributed by atoms with Gasteiger partial charge in [0, 0.05) is 22.6 Å². The van der Waals surface area contributed by atoms with Gasteiger partial charge in [-0.1, -0.05) is 29.3 Å². The van der Waals surface area contributed by atoms with Gasteiger partial charge in [-0.15, -0.1) is 0 Å². The van der Waals surface area contributed by atoms with Crippen molar-refractivity contribution in [2.75, 3.05) is 13.2 Å². The molecule has 0 amide bonds. The summed E-state index contributed by atoms with van der Waals surface area (Å²) >= 11 is 0. The Morgan fingerprint density at radius 1 is 1.08 bits per heavy atom. The largest absolute Gasteiger partial charge is 0.494 e. The molecule has 136 valence electrons. The molecule has 0 saturated heterocycles. The number of hydrogen-bond acceptors (Lipinski definition) is 2. The molecule has 3 heteroatoms. The van der Waals surface area contributed by atoms with Crippen molar-refractivity contribution < 1.29 is 4.74 Å². The number of fused-ring (bicyclic) bond motifs is 3. The molecule has 1 unspecified atom stereocenters. The average molecular weight is 348 g/mol. The standard InChI is InChI=1S/C23H28N2O/c1-16-7-10-18(11-8-16)26-14-4-13-24-22-6-3-5-19-20-15-17(2)9-12-21(20)25-23(19)22/h7-12,15,22,24-25H,3-6,13-14H2,1-2H3. The number of hydrogen-bond donors (Lipinski definition) is 2. The van der Waals surface area contributed by atoms with Gasteiger partial charge in [0.15, 0.2) is 0 Å². The topological polar surface area (TPSA) is 37.0 Å². The Labute approximate surface area is 155 Å². The minimum atomic E-state index is 0.436. The summed E-state index contributed by atoms with van der Waals surface area (Å²) in [4.78, 5) is 3.67. The number of nitrogens with one attached hydrogen (secondary N) is 2. The maximum atomic E-state index is 5.83. The Morgan fingerprint density at radius 3 is 2.73 bits per heavy atom. The average Bonchev–Trinajstić information content (AvgIpc) is 3.02. The zero-order valence-corrected chi connectivity index (χ0v) is 15.8. The smallest absolute Gasteiger partial charge is 0.119 e. The number of benzene rings is 2. The first-order valence-electron chi connectivity index (χ1n) is 9.74. The fraction of sp³-hybridized carbons (Fsp3) is 0.391. The molecule has 1 aliphatic rings. The van der Waals surface area contributed by atoms with Crippen molar-refractivity contribution in [1.29, 1.82) is 0 Å². The second-order valence-electron chi connectivity index (χ2n) is 7.48. The highest BCUT2D eigenvalue weighted by Gasteiger charge is 2.23. The minimum absolute atomic E-state index is 0.436. The van der Waals surface area contributed by atoms with Crippen LogP contribution in [0.4, 0.5) is 0 Å². The van der Waals surface area contributed by atoms with Crippen LogP contribution in [-0.2, 0) is 6.42 Å². The Bertz CT molecular complexity index is 879. The molecule has 0 saturated carbocycles. The summed E-state index contributed by atoms with van der Waals surface area (Å²) in [6, 6.07) is 15.4. The van der Waals surface area contributed by atoms with Gasteiger partial charge < -0.3 is 15.0 Å². The van der Waals surface area contributed by atoms with Crippen LogP contribution in [0.5, 0.6) is 5.75 Å². The van der Waals surface area contributed by atoms with Crippen molar-refractivity contribution in [2.24, 2.45) is 0 Å². The third-order valence-electron chi connectivity index (χ3n) is 5.36. The van der Waals surface area contributed by atoms with E-state index in [-0.39, 0.29) is 0 Å². The molecule has 1 atom stereocenters. The van der Waals surface area contributed by atoms with E-state index in [1.54, 1.807) is 0 Å². The zero-order valence-electron chi connectivity index (χ0n) is 15.8. The van der Waals surface area contributed by atoms with Gasteiger partial charge in [-0.25, -0.2) is 0 Å². The summed E-state index contributed by atoms with van der Waals surface area (Å²) in [6.07, 6.45) is 4.66. The number of aryl methyl sites for hydroxylation is 3. The third kappa shape index (κ3) is 3.63. The van der Waals surface area contributed by atoms with Crippen molar-refractivity contribution in [1.82, 2.24) is 10.3 Å². The van der Waals surface area contributed by atoms with Gasteiger partial charge in [0.1, 0.15) is 5.75 Å². The lowest BCUT2D eigenvalue weighted by Crippen LogP contribution is -2.27. The van der Waals surface area contributed by atoms with E-state index in [2.05, 4.69) is 54.5 Å². The fourth-order valence-corrected chi connectivity index (χ4v) is 3.95. The summed E-state index contributed by atoms with van der Waals surface area (Å²) in [5.41, 5.74) is 6.79. The van der Waals surface area contributed by atoms with Gasteiger partial charge in [0.2, 0.25) is 0 Å². The number of ether oxygens (including phenoxy) is 1. The Morgan fingerprint density at radius 2 is 1.88 bits per heavy atom. The maximum absolute atomic E-state index is 5.83. The molecule has 1 aromatic heterocycles. The Hall–Kier alpha value is -2.26. The Balaban J connectivity index is 1.33. The van der Waals surface area contributed by atoms with E-state index in [4.69, 9.17) is 4.74 Å². The van der Waals surface area contributed by atoms with Crippen LogP contribution in [0.2, 0.25) is 0 Å². The summed E-state index contributed by atoms with van der Waals surface area (Å²) in [6.45, 7) is 5.99. The molecule has 26 heavy (non-hydrogen) atoms. The van der Waals surface area contributed by atoms with Crippen LogP contribution in [0, 0.1) is 13.8 Å². The van der Waals surface area contributed by atoms with Crippen molar-refractivity contribution >= 4 is 10.9 Å². The van der Waals surface area contributed by atoms with Crippen LogP contribution in [-0.4, -0.2) is 18.1 Å². The summed E-state index contributed by atoms with van der Waals surface area (Å²) in [7, 11) is 0. The molecular weight excluding hydrogens is 320 g/mol. The van der Waals surface area contributed by atoms with Gasteiger partial charge in [0.25, 0.3) is 0 Å². The molecule has 1 aliphatic carbocycles. The van der Waals surface area contributed by atoms with Crippen LogP contribution in [0.1, 0.15) is 47.7 Å². The highest BCUT2D eigenvalue weighted by atomic mass is 16.5. The lowest BCUT2D eigenvalue weighted by molar-refractivity contribution is 0.302. The van der Waals surface area contributed by atoms with E-state index in [0.717, 1.165) is 25.3 Å². The number of aromatic nitrogens is 1. The van der Waals surface area contributed by atoms with Crippen molar-refractivity contribution in [3.63, 3.8) is 0 Å². The highest BCUT2D eigenvalue weighted by Crippen LogP contribution is 2.35. The minimum Gasteiger partial charge on any atom is -0.494 e.